The van der Waals surface area contributed by atoms with Crippen LogP contribution in [0.15, 0.2) is 12.3 Å². The van der Waals surface area contributed by atoms with Crippen molar-refractivity contribution in [3.8, 4) is 0 Å². The second kappa shape index (κ2) is 7.15. The smallest absolute Gasteiger partial charge is 0.246 e. The molecule has 0 radical (unpaired) electrons. The molecule has 0 aromatic carbocycles. The maximum atomic E-state index is 12.6. The summed E-state index contributed by atoms with van der Waals surface area (Å²) < 4.78 is 6.73. The summed E-state index contributed by atoms with van der Waals surface area (Å²) in [6.45, 7) is 3.44. The lowest BCUT2D eigenvalue weighted by molar-refractivity contribution is -0.131. The maximum Gasteiger partial charge on any atom is 0.246 e. The zero-order valence-electron chi connectivity index (χ0n) is 15.3. The highest BCUT2D eigenvalue weighted by Gasteiger charge is 2.40. The highest BCUT2D eigenvalue weighted by Crippen LogP contribution is 2.49. The van der Waals surface area contributed by atoms with Crippen LogP contribution in [0.2, 0.25) is 0 Å². The van der Waals surface area contributed by atoms with Gasteiger partial charge in [0.1, 0.15) is 6.61 Å². The van der Waals surface area contributed by atoms with E-state index >= 15 is 0 Å². The third kappa shape index (κ3) is 4.21. The van der Waals surface area contributed by atoms with Crippen LogP contribution >= 0.6 is 0 Å². The van der Waals surface area contributed by atoms with E-state index in [-0.39, 0.29) is 30.4 Å². The van der Waals surface area contributed by atoms with Crippen LogP contribution in [-0.2, 0) is 21.4 Å². The number of rotatable bonds is 7. The Morgan fingerprint density at radius 2 is 2.16 bits per heavy atom. The third-order valence-corrected chi connectivity index (χ3v) is 5.58. The number of methoxy groups -OCH3 is 1. The fourth-order valence-corrected chi connectivity index (χ4v) is 3.61. The molecule has 0 bridgehead atoms. The lowest BCUT2D eigenvalue weighted by Gasteiger charge is -2.19. The molecule has 2 fully saturated rings. The molecule has 2 aliphatic rings. The van der Waals surface area contributed by atoms with Gasteiger partial charge in [-0.1, -0.05) is 6.92 Å². The van der Waals surface area contributed by atoms with Crippen molar-refractivity contribution in [3.63, 3.8) is 0 Å². The molecular formula is C18H28N4O3. The van der Waals surface area contributed by atoms with Gasteiger partial charge in [-0.3, -0.25) is 14.3 Å². The molecule has 7 heteroatoms. The molecule has 7 nitrogen and oxygen atoms in total. The Bertz CT molecular complexity index is 638. The number of nitrogens with one attached hydrogen (secondary N) is 1. The number of amides is 2. The molecule has 2 heterocycles. The van der Waals surface area contributed by atoms with Gasteiger partial charge in [-0.05, 0) is 30.7 Å². The van der Waals surface area contributed by atoms with Crippen molar-refractivity contribution >= 4 is 11.8 Å². The Labute approximate surface area is 148 Å². The number of nitrogens with zero attached hydrogens (tertiary/aromatic N) is 3. The Hall–Kier alpha value is -1.89. The van der Waals surface area contributed by atoms with Gasteiger partial charge in [-0.25, -0.2) is 0 Å². The molecule has 1 aromatic heterocycles. The minimum absolute atomic E-state index is 0.0287. The molecule has 0 spiro atoms. The lowest BCUT2D eigenvalue weighted by atomic mass is 9.99. The quantitative estimate of drug-likeness (QED) is 0.799. The molecule has 1 aliphatic heterocycles. The first-order valence-electron chi connectivity index (χ1n) is 8.96. The van der Waals surface area contributed by atoms with Gasteiger partial charge in [-0.15, -0.1) is 0 Å². The molecule has 1 N–H and O–H groups in total. The van der Waals surface area contributed by atoms with E-state index in [1.54, 1.807) is 6.20 Å². The first-order chi connectivity index (χ1) is 11.9. The van der Waals surface area contributed by atoms with Crippen LogP contribution in [0.1, 0.15) is 44.2 Å². The second-order valence-corrected chi connectivity index (χ2v) is 7.70. The van der Waals surface area contributed by atoms with Crippen molar-refractivity contribution in [1.82, 2.24) is 20.0 Å². The highest BCUT2D eigenvalue weighted by atomic mass is 16.5. The van der Waals surface area contributed by atoms with Crippen molar-refractivity contribution in [3.05, 3.63) is 18.0 Å². The van der Waals surface area contributed by atoms with Crippen LogP contribution in [0.5, 0.6) is 0 Å². The molecule has 1 aliphatic carbocycles. The van der Waals surface area contributed by atoms with Crippen LogP contribution in [0.25, 0.3) is 0 Å². The van der Waals surface area contributed by atoms with Gasteiger partial charge in [0.2, 0.25) is 11.8 Å². The zero-order valence-corrected chi connectivity index (χ0v) is 15.3. The van der Waals surface area contributed by atoms with Crippen molar-refractivity contribution in [1.29, 1.82) is 0 Å². The van der Waals surface area contributed by atoms with E-state index in [9.17, 15) is 9.59 Å². The number of likely N-dealkylation sites (tertiary alicyclic amines) is 1. The summed E-state index contributed by atoms with van der Waals surface area (Å²) in [5, 5.41) is 7.25. The Morgan fingerprint density at radius 1 is 1.40 bits per heavy atom. The number of ether oxygens (including phenoxy) is 1. The summed E-state index contributed by atoms with van der Waals surface area (Å²) in [6, 6.07) is 1.85. The van der Waals surface area contributed by atoms with Gasteiger partial charge in [0.05, 0.1) is 6.04 Å². The van der Waals surface area contributed by atoms with Crippen LogP contribution in [0, 0.1) is 5.41 Å². The van der Waals surface area contributed by atoms with E-state index in [2.05, 4.69) is 17.3 Å². The van der Waals surface area contributed by atoms with Gasteiger partial charge in [0, 0.05) is 51.5 Å². The molecular weight excluding hydrogens is 320 g/mol. The van der Waals surface area contributed by atoms with Gasteiger partial charge in [-0.2, -0.15) is 5.10 Å². The predicted molar refractivity (Wildman–Crippen MR) is 92.9 cm³/mol. The average molecular weight is 348 g/mol. The first kappa shape index (κ1) is 17.9. The standard InChI is InChI=1S/C18H28N4O3/c1-18(7-8-18)6-4-17(24)22-10-13(15-5-9-19-21(15)2)14(11-22)20-16(23)12-25-3/h5,9,13-14H,4,6-8,10-12H2,1-3H3,(H,20,23)/t13-,14-/m1/s1. The topological polar surface area (TPSA) is 76.5 Å². The summed E-state index contributed by atoms with van der Waals surface area (Å²) in [6.07, 6.45) is 5.76. The molecule has 2 amide bonds. The molecule has 1 aromatic rings. The van der Waals surface area contributed by atoms with E-state index in [4.69, 9.17) is 4.74 Å². The minimum Gasteiger partial charge on any atom is -0.375 e. The molecule has 1 saturated carbocycles. The summed E-state index contributed by atoms with van der Waals surface area (Å²) in [5.74, 6) is 0.0806. The molecule has 25 heavy (non-hydrogen) atoms. The summed E-state index contributed by atoms with van der Waals surface area (Å²) >= 11 is 0. The lowest BCUT2D eigenvalue weighted by Crippen LogP contribution is -2.42. The molecule has 138 valence electrons. The molecule has 2 atom stereocenters. The number of hydrogen-bond donors (Lipinski definition) is 1. The number of carbonyl (C=O) groups is 2. The first-order valence-corrected chi connectivity index (χ1v) is 8.96. The number of aromatic nitrogens is 2. The Balaban J connectivity index is 1.67. The van der Waals surface area contributed by atoms with E-state index < -0.39 is 0 Å². The Kier molecular flexibility index (Phi) is 5.13. The van der Waals surface area contributed by atoms with Gasteiger partial charge in [0.25, 0.3) is 0 Å². The fourth-order valence-electron chi connectivity index (χ4n) is 3.61. The zero-order chi connectivity index (χ0) is 18.0. The van der Waals surface area contributed by atoms with Gasteiger partial charge < -0.3 is 15.0 Å². The van der Waals surface area contributed by atoms with E-state index in [1.165, 1.54) is 20.0 Å². The van der Waals surface area contributed by atoms with Crippen LogP contribution < -0.4 is 5.32 Å². The molecule has 3 rings (SSSR count). The number of aryl methyl sites for hydroxylation is 1. The van der Waals surface area contributed by atoms with E-state index in [1.807, 2.05) is 22.7 Å². The maximum absolute atomic E-state index is 12.6. The van der Waals surface area contributed by atoms with Crippen LogP contribution in [0.3, 0.4) is 0 Å². The Morgan fingerprint density at radius 3 is 2.76 bits per heavy atom. The fraction of sp³-hybridized carbons (Fsp3) is 0.722. The van der Waals surface area contributed by atoms with Gasteiger partial charge in [0.15, 0.2) is 0 Å². The molecule has 1 saturated heterocycles. The van der Waals surface area contributed by atoms with E-state index in [0.29, 0.717) is 24.9 Å². The number of hydrogen-bond acceptors (Lipinski definition) is 4. The summed E-state index contributed by atoms with van der Waals surface area (Å²) in [4.78, 5) is 26.5. The van der Waals surface area contributed by atoms with Crippen molar-refractivity contribution in [2.45, 2.75) is 44.6 Å². The van der Waals surface area contributed by atoms with Crippen molar-refractivity contribution in [2.75, 3.05) is 26.8 Å². The van der Waals surface area contributed by atoms with Crippen LogP contribution in [0.4, 0.5) is 0 Å². The normalized spacial score (nSPS) is 24.4. The van der Waals surface area contributed by atoms with Gasteiger partial charge >= 0.3 is 0 Å². The van der Waals surface area contributed by atoms with Crippen molar-refractivity contribution < 1.29 is 14.3 Å². The van der Waals surface area contributed by atoms with E-state index in [0.717, 1.165) is 12.1 Å². The minimum atomic E-state index is -0.153. The highest BCUT2D eigenvalue weighted by molar-refractivity contribution is 5.79. The van der Waals surface area contributed by atoms with Crippen molar-refractivity contribution in [2.24, 2.45) is 12.5 Å². The van der Waals surface area contributed by atoms with Crippen LogP contribution in [-0.4, -0.2) is 59.3 Å². The monoisotopic (exact) mass is 348 g/mol. The molecule has 0 unspecified atom stereocenters. The second-order valence-electron chi connectivity index (χ2n) is 7.70. The average Bonchev–Trinajstić information content (AvgIpc) is 2.95. The summed E-state index contributed by atoms with van der Waals surface area (Å²) in [5.41, 5.74) is 1.41. The number of carbonyl (C=O) groups excluding carboxylic acids is 2. The summed E-state index contributed by atoms with van der Waals surface area (Å²) in [7, 11) is 3.39. The third-order valence-electron chi connectivity index (χ3n) is 5.58. The SMILES string of the molecule is COCC(=O)N[C@@H]1CN(C(=O)CCC2(C)CC2)C[C@H]1c1ccnn1C. The predicted octanol–water partition coefficient (Wildman–Crippen LogP) is 1.06. The largest absolute Gasteiger partial charge is 0.375 e.